The van der Waals surface area contributed by atoms with Crippen LogP contribution in [0.5, 0.6) is 17.2 Å². The Labute approximate surface area is 418 Å². The van der Waals surface area contributed by atoms with E-state index in [1.54, 1.807) is 24.4 Å². The molecule has 384 valence electrons. The molecule has 2 aliphatic heterocycles. The molecule has 0 amide bonds. The number of aromatic hydroxyl groups is 1. The summed E-state index contributed by atoms with van der Waals surface area (Å²) in [5, 5.41) is 39.1. The zero-order valence-corrected chi connectivity index (χ0v) is 43.7. The highest BCUT2D eigenvalue weighted by Crippen LogP contribution is 2.43. The van der Waals surface area contributed by atoms with E-state index in [2.05, 4.69) is 73.4 Å². The van der Waals surface area contributed by atoms with Gasteiger partial charge in [0.15, 0.2) is 30.1 Å². The second kappa shape index (κ2) is 28.3. The predicted octanol–water partition coefficient (Wildman–Crippen LogP) is 7.79. The minimum atomic E-state index is -0.626. The molecule has 4 aromatic rings. The van der Waals surface area contributed by atoms with E-state index in [9.17, 15) is 30.3 Å². The van der Waals surface area contributed by atoms with Crippen molar-refractivity contribution in [1.82, 2.24) is 29.7 Å². The van der Waals surface area contributed by atoms with Crippen LogP contribution in [-0.2, 0) is 18.6 Å². The molecule has 0 radical (unpaired) electrons. The van der Waals surface area contributed by atoms with Gasteiger partial charge in [0.25, 0.3) is 0 Å². The zero-order chi connectivity index (χ0) is 52.9. The number of aromatic nitrogens is 4. The number of anilines is 1. The van der Waals surface area contributed by atoms with Crippen LogP contribution in [0.3, 0.4) is 0 Å². The first-order valence-electron chi connectivity index (χ1n) is 22.5. The highest BCUT2D eigenvalue weighted by Gasteiger charge is 2.63. The molecule has 26 heteroatoms. The van der Waals surface area contributed by atoms with Crippen molar-refractivity contribution >= 4 is 53.2 Å². The maximum atomic E-state index is 10.4. The third kappa shape index (κ3) is 20.0. The fourth-order valence-corrected chi connectivity index (χ4v) is 5.90. The Balaban J connectivity index is 0.000000306. The van der Waals surface area contributed by atoms with Gasteiger partial charge in [-0.3, -0.25) is 0 Å². The number of nitrogens with two attached hydrogens (primary N) is 1. The van der Waals surface area contributed by atoms with Crippen LogP contribution in [0.1, 0.15) is 83.1 Å². The third-order valence-electron chi connectivity index (χ3n) is 11.4. The lowest BCUT2D eigenvalue weighted by Crippen LogP contribution is -2.41. The lowest BCUT2D eigenvalue weighted by molar-refractivity contribution is -0.389. The van der Waals surface area contributed by atoms with Gasteiger partial charge in [-0.05, 0) is 158 Å². The Morgan fingerprint density at radius 2 is 0.914 bits per heavy atom. The summed E-state index contributed by atoms with van der Waals surface area (Å²) in [6, 6.07) is 11.7. The van der Waals surface area contributed by atoms with Crippen molar-refractivity contribution in [3.8, 4) is 17.2 Å². The number of likely N-dealkylation sites (N-methyl/N-ethyl adjacent to an activating group) is 2. The molecule has 2 fully saturated rings. The average Bonchev–Trinajstić information content (AvgIpc) is 3.67. The van der Waals surface area contributed by atoms with Gasteiger partial charge >= 0.3 is 31.5 Å². The largest absolute Gasteiger partial charge is 0.504 e. The molecule has 3 N–H and O–H groups in total. The molecule has 0 bridgehead atoms. The molecule has 70 heavy (non-hydrogen) atoms. The predicted molar refractivity (Wildman–Crippen MR) is 269 cm³/mol. The Kier molecular flexibility index (Phi) is 24.4. The molecule has 0 spiro atoms. The average molecular weight is 1050 g/mol. The first-order chi connectivity index (χ1) is 32.7. The molecule has 4 aromatic heterocycles. The van der Waals surface area contributed by atoms with Crippen LogP contribution in [0.4, 0.5) is 23.3 Å². The molecular formula is C44H67B2BrN10O13. The fraction of sp³-hybridized carbons (Fsp3) is 0.545. The van der Waals surface area contributed by atoms with Crippen LogP contribution in [0.2, 0.25) is 0 Å². The number of nitrogen functional groups attached to an aromatic ring is 1. The van der Waals surface area contributed by atoms with Crippen LogP contribution >= 0.6 is 15.9 Å². The summed E-state index contributed by atoms with van der Waals surface area (Å²) in [6.07, 6.45) is 5.44. The van der Waals surface area contributed by atoms with Crippen LogP contribution in [0.15, 0.2) is 77.8 Å². The van der Waals surface area contributed by atoms with E-state index in [1.165, 1.54) is 30.6 Å². The highest BCUT2D eigenvalue weighted by atomic mass is 79.9. The SMILES string of the molecule is CC1(C)OB(B2OC(C)(C)C(C)(C)O2)OC1(C)C.CCN(CC)CCOc1ccc(N)nc1.CCN(CC)CCOc1ccc([N+](=O)[O-])nc1.O=[N+]([O-])c1ccc(Br)cn1.O=[N+]([O-])c1ccc(O)cn1. The lowest BCUT2D eigenvalue weighted by Gasteiger charge is -2.32. The van der Waals surface area contributed by atoms with Crippen molar-refractivity contribution in [2.75, 3.05) is 58.2 Å². The van der Waals surface area contributed by atoms with Crippen LogP contribution in [-0.4, -0.2) is 139 Å². The Bertz CT molecular complexity index is 2070. The molecule has 23 nitrogen and oxygen atoms in total. The quantitative estimate of drug-likeness (QED) is 0.0614. The third-order valence-corrected chi connectivity index (χ3v) is 11.9. The van der Waals surface area contributed by atoms with Gasteiger partial charge in [0.2, 0.25) is 0 Å². The Morgan fingerprint density at radius 3 is 1.20 bits per heavy atom. The molecule has 0 atom stereocenters. The number of ether oxygens (including phenoxy) is 2. The van der Waals surface area contributed by atoms with Gasteiger partial charge in [0.1, 0.15) is 24.8 Å². The van der Waals surface area contributed by atoms with E-state index in [0.29, 0.717) is 24.8 Å². The van der Waals surface area contributed by atoms with Crippen LogP contribution in [0, 0.1) is 30.3 Å². The topological polar surface area (TPSA) is 289 Å². The summed E-state index contributed by atoms with van der Waals surface area (Å²) in [4.78, 5) is 47.8. The van der Waals surface area contributed by atoms with Crippen LogP contribution < -0.4 is 15.2 Å². The standard InChI is InChI=1S/C12H24B2O4.C11H17N3O3.C11H19N3O.C5H3BrN2O2.C5H4N2O3/c1-9(2)10(3,4)16-13(15-9)14-17-11(5,6)12(7,8)18-14;1-3-13(4-2)7-8-17-10-5-6-11(12-9-10)14(15)16;1-3-14(4-2)7-8-15-10-5-6-11(12)13-9-10;6-4-1-2-5(7-3-4)8(9)10;8-4-1-2-5(6-3-4)7(9)10/h1-8H3;5-6,9H,3-4,7-8H2,1-2H3;5-6,9H,3-4,7-8H2,1-2H3,(H2,12,13);1-3H;1-3,8H. The number of nitro groups is 3. The monoisotopic (exact) mass is 1040 g/mol. The van der Waals surface area contributed by atoms with Gasteiger partial charge in [0, 0.05) is 31.3 Å². The van der Waals surface area contributed by atoms with Crippen molar-refractivity contribution < 1.29 is 48.0 Å². The van der Waals surface area contributed by atoms with Crippen molar-refractivity contribution in [1.29, 1.82) is 0 Å². The van der Waals surface area contributed by atoms with Gasteiger partial charge < -0.3 is 79.1 Å². The van der Waals surface area contributed by atoms with E-state index in [4.69, 9.17) is 38.9 Å². The summed E-state index contributed by atoms with van der Waals surface area (Å²) >= 11 is 3.11. The van der Waals surface area contributed by atoms with Crippen molar-refractivity contribution in [3.63, 3.8) is 0 Å². The molecule has 2 saturated heterocycles. The summed E-state index contributed by atoms with van der Waals surface area (Å²) in [5.74, 6) is 1.21. The van der Waals surface area contributed by atoms with E-state index in [0.717, 1.165) is 61.8 Å². The van der Waals surface area contributed by atoms with Crippen molar-refractivity contribution in [2.24, 2.45) is 0 Å². The smallest absolute Gasteiger partial charge is 0.488 e. The minimum Gasteiger partial charge on any atom is -0.504 e. The van der Waals surface area contributed by atoms with E-state index < -0.39 is 28.8 Å². The first kappa shape index (κ1) is 60.5. The summed E-state index contributed by atoms with van der Waals surface area (Å²) < 4.78 is 35.6. The summed E-state index contributed by atoms with van der Waals surface area (Å²) in [7, 11) is -0.952. The van der Waals surface area contributed by atoms with Gasteiger partial charge in [-0.2, -0.15) is 0 Å². The first-order valence-corrected chi connectivity index (χ1v) is 23.3. The molecule has 0 saturated carbocycles. The zero-order valence-electron chi connectivity index (χ0n) is 42.1. The van der Waals surface area contributed by atoms with Crippen molar-refractivity contribution in [3.05, 3.63) is 108 Å². The number of rotatable bonds is 16. The number of nitrogens with zero attached hydrogens (tertiary/aromatic N) is 9. The van der Waals surface area contributed by atoms with E-state index in [-0.39, 0.29) is 45.6 Å². The maximum Gasteiger partial charge on any atom is 0.488 e. The van der Waals surface area contributed by atoms with Gasteiger partial charge in [0.05, 0.1) is 33.1 Å². The molecular weight excluding hydrogens is 978 g/mol. The number of hydrogen-bond donors (Lipinski definition) is 2. The Hall–Kier alpha value is -5.63. The Morgan fingerprint density at radius 1 is 0.571 bits per heavy atom. The van der Waals surface area contributed by atoms with Gasteiger partial charge in [-0.1, -0.05) is 27.7 Å². The number of halogens is 1. The summed E-state index contributed by atoms with van der Waals surface area (Å²) in [6.45, 7) is 31.8. The second-order valence-corrected chi connectivity index (χ2v) is 18.2. The second-order valence-electron chi connectivity index (χ2n) is 17.3. The van der Waals surface area contributed by atoms with Crippen LogP contribution in [0.25, 0.3) is 0 Å². The molecule has 6 rings (SSSR count). The highest BCUT2D eigenvalue weighted by molar-refractivity contribution is 9.10. The van der Waals surface area contributed by atoms with Gasteiger partial charge in [-0.25, -0.2) is 4.98 Å². The summed E-state index contributed by atoms with van der Waals surface area (Å²) in [5.41, 5.74) is 4.03. The number of pyridine rings is 4. The lowest BCUT2D eigenvalue weighted by atomic mass is 9.49. The van der Waals surface area contributed by atoms with E-state index in [1.807, 2.05) is 61.5 Å². The molecule has 6 heterocycles. The molecule has 0 aliphatic carbocycles. The maximum absolute atomic E-state index is 10.4. The minimum absolute atomic E-state index is 0.0781. The van der Waals surface area contributed by atoms with Gasteiger partial charge in [-0.15, -0.1) is 0 Å². The fourth-order valence-electron chi connectivity index (χ4n) is 5.67. The molecule has 0 unspecified atom stereocenters. The van der Waals surface area contributed by atoms with E-state index >= 15 is 0 Å². The molecule has 2 aliphatic rings. The normalized spacial score (nSPS) is 15.7. The molecule has 0 aromatic carbocycles. The van der Waals surface area contributed by atoms with Crippen molar-refractivity contribution in [2.45, 2.75) is 105 Å². The number of hydrogen-bond acceptors (Lipinski definition) is 20.